The van der Waals surface area contributed by atoms with Crippen LogP contribution in [-0.4, -0.2) is 40.6 Å². The van der Waals surface area contributed by atoms with Gasteiger partial charge in [0.25, 0.3) is 5.91 Å². The molecule has 4 rings (SSSR count). The standard InChI is InChI=1S/C29H33Cl2F4N5O3/c1-5-43-24-17(25(41)37-16-9-7-15(8-10-16)29(33,34)35)12-19-23(21(24)32)40-27(38-19)39-22-18(30)11-6-14(20(22)31)13-36-26(42)28(2,3)4/h6,11-12,15-16H,5,7-10,13H2,1-4H3,(H,36,42)(H,37,41)(H2,38,39,40)/t15-,16-. The third-order valence-electron chi connectivity index (χ3n) is 7.27. The number of aromatic nitrogens is 2. The summed E-state index contributed by atoms with van der Waals surface area (Å²) in [6.45, 7) is 7.19. The number of H-pyrrole nitrogens is 1. The van der Waals surface area contributed by atoms with Gasteiger partial charge in [0, 0.05) is 18.0 Å². The summed E-state index contributed by atoms with van der Waals surface area (Å²) >= 11 is 13.0. The summed E-state index contributed by atoms with van der Waals surface area (Å²) in [6, 6.07) is 4.13. The third-order valence-corrected chi connectivity index (χ3v) is 8.02. The van der Waals surface area contributed by atoms with E-state index < -0.39 is 35.3 Å². The van der Waals surface area contributed by atoms with Crippen LogP contribution in [0.5, 0.6) is 5.75 Å². The maximum absolute atomic E-state index is 15.7. The molecule has 0 radical (unpaired) electrons. The van der Waals surface area contributed by atoms with Crippen molar-refractivity contribution in [3.05, 3.63) is 45.2 Å². The van der Waals surface area contributed by atoms with E-state index in [1.807, 2.05) is 0 Å². The van der Waals surface area contributed by atoms with Gasteiger partial charge in [0.1, 0.15) is 5.52 Å². The molecule has 1 aromatic heterocycles. The molecule has 1 aliphatic rings. The summed E-state index contributed by atoms with van der Waals surface area (Å²) in [7, 11) is 0. The van der Waals surface area contributed by atoms with E-state index in [1.165, 1.54) is 6.07 Å². The molecule has 0 saturated heterocycles. The van der Waals surface area contributed by atoms with Gasteiger partial charge in [-0.05, 0) is 50.3 Å². The van der Waals surface area contributed by atoms with Crippen molar-refractivity contribution in [2.24, 2.45) is 11.3 Å². The Labute approximate surface area is 256 Å². The fourth-order valence-corrected chi connectivity index (χ4v) is 5.37. The van der Waals surface area contributed by atoms with Crippen molar-refractivity contribution in [3.63, 3.8) is 0 Å². The zero-order chi connectivity index (χ0) is 31.7. The van der Waals surface area contributed by atoms with Gasteiger partial charge in [-0.2, -0.15) is 13.2 Å². The molecule has 1 saturated carbocycles. The van der Waals surface area contributed by atoms with Crippen LogP contribution in [0, 0.1) is 17.2 Å². The molecular formula is C29H33Cl2F4N5O3. The molecule has 1 heterocycles. The van der Waals surface area contributed by atoms with Crippen molar-refractivity contribution < 1.29 is 31.9 Å². The van der Waals surface area contributed by atoms with Crippen LogP contribution in [0.1, 0.15) is 69.3 Å². The molecule has 1 aliphatic carbocycles. The van der Waals surface area contributed by atoms with Gasteiger partial charge >= 0.3 is 6.18 Å². The molecule has 8 nitrogen and oxygen atoms in total. The first kappa shape index (κ1) is 32.7. The number of carbonyl (C=O) groups excluding carboxylic acids is 2. The highest BCUT2D eigenvalue weighted by Crippen LogP contribution is 2.39. The molecule has 2 aromatic carbocycles. The molecule has 3 aromatic rings. The van der Waals surface area contributed by atoms with Crippen LogP contribution in [0.25, 0.3) is 11.0 Å². The number of benzene rings is 2. The van der Waals surface area contributed by atoms with Crippen LogP contribution < -0.4 is 20.7 Å². The minimum absolute atomic E-state index is 0.0472. The first-order valence-electron chi connectivity index (χ1n) is 13.8. The number of anilines is 2. The monoisotopic (exact) mass is 645 g/mol. The number of hydrogen-bond donors (Lipinski definition) is 4. The molecule has 43 heavy (non-hydrogen) atoms. The minimum Gasteiger partial charge on any atom is -0.490 e. The van der Waals surface area contributed by atoms with Crippen LogP contribution in [0.3, 0.4) is 0 Å². The number of halogens is 6. The number of fused-ring (bicyclic) bond motifs is 1. The molecule has 1 fully saturated rings. The topological polar surface area (TPSA) is 108 Å². The van der Waals surface area contributed by atoms with Gasteiger partial charge < -0.3 is 25.7 Å². The Hall–Kier alpha value is -3.25. The lowest BCUT2D eigenvalue weighted by Gasteiger charge is -2.30. The van der Waals surface area contributed by atoms with Gasteiger partial charge in [-0.15, -0.1) is 0 Å². The Balaban J connectivity index is 1.58. The Bertz CT molecular complexity index is 1510. The highest BCUT2D eigenvalue weighted by molar-refractivity contribution is 6.39. The number of aromatic amines is 1. The van der Waals surface area contributed by atoms with Crippen LogP contribution in [0.2, 0.25) is 10.0 Å². The van der Waals surface area contributed by atoms with Crippen LogP contribution in [0.15, 0.2) is 18.2 Å². The molecule has 0 unspecified atom stereocenters. The number of imidazole rings is 1. The summed E-state index contributed by atoms with van der Waals surface area (Å²) in [5, 5.41) is 8.96. The third kappa shape index (κ3) is 7.46. The average molecular weight is 647 g/mol. The number of rotatable bonds is 8. The highest BCUT2D eigenvalue weighted by Gasteiger charge is 2.41. The first-order chi connectivity index (χ1) is 20.1. The lowest BCUT2D eigenvalue weighted by molar-refractivity contribution is -0.182. The number of nitrogens with one attached hydrogen (secondary N) is 4. The molecule has 14 heteroatoms. The molecule has 0 aliphatic heterocycles. The van der Waals surface area contributed by atoms with E-state index in [4.69, 9.17) is 27.9 Å². The second-order valence-electron chi connectivity index (χ2n) is 11.5. The molecule has 4 N–H and O–H groups in total. The lowest BCUT2D eigenvalue weighted by atomic mass is 9.85. The Kier molecular flexibility index (Phi) is 9.70. The number of carbonyl (C=O) groups is 2. The number of amides is 2. The Morgan fingerprint density at radius 2 is 1.79 bits per heavy atom. The molecule has 0 bridgehead atoms. The van der Waals surface area contributed by atoms with E-state index in [1.54, 1.807) is 39.8 Å². The maximum Gasteiger partial charge on any atom is 0.391 e. The molecular weight excluding hydrogens is 613 g/mol. The van der Waals surface area contributed by atoms with Crippen molar-refractivity contribution in [2.45, 2.75) is 72.1 Å². The van der Waals surface area contributed by atoms with Gasteiger partial charge in [-0.1, -0.05) is 50.0 Å². The summed E-state index contributed by atoms with van der Waals surface area (Å²) in [4.78, 5) is 32.7. The predicted octanol–water partition coefficient (Wildman–Crippen LogP) is 7.66. The number of ether oxygens (including phenoxy) is 1. The van der Waals surface area contributed by atoms with E-state index >= 15 is 4.39 Å². The van der Waals surface area contributed by atoms with Gasteiger partial charge in [-0.25, -0.2) is 9.37 Å². The minimum atomic E-state index is -4.27. The largest absolute Gasteiger partial charge is 0.490 e. The molecule has 0 atom stereocenters. The van der Waals surface area contributed by atoms with E-state index in [9.17, 15) is 22.8 Å². The smallest absolute Gasteiger partial charge is 0.391 e. The van der Waals surface area contributed by atoms with Gasteiger partial charge in [0.05, 0.1) is 39.3 Å². The van der Waals surface area contributed by atoms with Crippen molar-refractivity contribution in [1.82, 2.24) is 20.6 Å². The van der Waals surface area contributed by atoms with E-state index in [-0.39, 0.29) is 88.8 Å². The molecule has 234 valence electrons. The van der Waals surface area contributed by atoms with E-state index in [0.29, 0.717) is 5.56 Å². The fraction of sp³-hybridized carbons (Fsp3) is 0.483. The summed E-state index contributed by atoms with van der Waals surface area (Å²) in [5.41, 5.74) is 0.166. The number of nitrogens with zero attached hydrogens (tertiary/aromatic N) is 1. The van der Waals surface area contributed by atoms with Gasteiger partial charge in [0.2, 0.25) is 11.9 Å². The van der Waals surface area contributed by atoms with Gasteiger partial charge in [-0.3, -0.25) is 9.59 Å². The second-order valence-corrected chi connectivity index (χ2v) is 12.3. The predicted molar refractivity (Wildman–Crippen MR) is 158 cm³/mol. The van der Waals surface area contributed by atoms with Crippen molar-refractivity contribution in [3.8, 4) is 5.75 Å². The van der Waals surface area contributed by atoms with Gasteiger partial charge in [0.15, 0.2) is 11.6 Å². The van der Waals surface area contributed by atoms with Crippen LogP contribution in [-0.2, 0) is 11.3 Å². The Morgan fingerprint density at radius 1 is 1.12 bits per heavy atom. The molecule has 2 amide bonds. The SMILES string of the molecule is CCOc1c(C(=O)N[C@H]2CC[C@H](C(F)(F)F)CC2)cc2nc(Nc3c(Cl)ccc(CNC(=O)C(C)(C)C)c3Cl)[nH]c2c1F. The van der Waals surface area contributed by atoms with E-state index in [2.05, 4.69) is 25.9 Å². The Morgan fingerprint density at radius 3 is 2.40 bits per heavy atom. The highest BCUT2D eigenvalue weighted by atomic mass is 35.5. The average Bonchev–Trinajstić information content (AvgIpc) is 3.34. The second kappa shape index (κ2) is 12.8. The summed E-state index contributed by atoms with van der Waals surface area (Å²) in [6.07, 6.45) is -4.15. The first-order valence-corrected chi connectivity index (χ1v) is 14.6. The summed E-state index contributed by atoms with van der Waals surface area (Å²) in [5.74, 6) is -3.33. The number of hydrogen-bond acceptors (Lipinski definition) is 5. The van der Waals surface area contributed by atoms with Crippen LogP contribution >= 0.6 is 23.2 Å². The van der Waals surface area contributed by atoms with Crippen molar-refractivity contribution in [1.29, 1.82) is 0 Å². The maximum atomic E-state index is 15.7. The van der Waals surface area contributed by atoms with E-state index in [0.717, 1.165) is 0 Å². The quantitative estimate of drug-likeness (QED) is 0.188. The lowest BCUT2D eigenvalue weighted by Crippen LogP contribution is -2.40. The van der Waals surface area contributed by atoms with Crippen molar-refractivity contribution in [2.75, 3.05) is 11.9 Å². The summed E-state index contributed by atoms with van der Waals surface area (Å²) < 4.78 is 60.3. The zero-order valence-electron chi connectivity index (χ0n) is 24.1. The zero-order valence-corrected chi connectivity index (χ0v) is 25.6. The van der Waals surface area contributed by atoms with Crippen molar-refractivity contribution >= 4 is 57.7 Å². The fourth-order valence-electron chi connectivity index (χ4n) is 4.84. The number of alkyl halides is 3. The normalized spacial score (nSPS) is 17.5. The van der Waals surface area contributed by atoms with Crippen LogP contribution in [0.4, 0.5) is 29.2 Å². The molecule has 0 spiro atoms.